The number of aromatic nitrogens is 1. The Balaban J connectivity index is 2.69. The van der Waals surface area contributed by atoms with Crippen LogP contribution in [0.1, 0.15) is 0 Å². The number of hydrogen-bond acceptors (Lipinski definition) is 2. The summed E-state index contributed by atoms with van der Waals surface area (Å²) in [7, 11) is 1.85. The SMILES string of the molecule is C[B]c1nc2ccccc2o1. The average molecular weight is 144 g/mol. The first-order valence-electron chi connectivity index (χ1n) is 3.55. The van der Waals surface area contributed by atoms with Crippen LogP contribution in [-0.4, -0.2) is 12.3 Å². The maximum Gasteiger partial charge on any atom is 0.226 e. The predicted molar refractivity (Wildman–Crippen MR) is 45.3 cm³/mol. The molecule has 0 saturated carbocycles. The molecule has 0 fully saturated rings. The van der Waals surface area contributed by atoms with Gasteiger partial charge < -0.3 is 4.42 Å². The van der Waals surface area contributed by atoms with E-state index in [-0.39, 0.29) is 0 Å². The van der Waals surface area contributed by atoms with Crippen LogP contribution in [0.25, 0.3) is 11.1 Å². The zero-order valence-electron chi connectivity index (χ0n) is 6.24. The van der Waals surface area contributed by atoms with Crippen LogP contribution in [-0.2, 0) is 0 Å². The van der Waals surface area contributed by atoms with Crippen LogP contribution in [0.2, 0.25) is 6.82 Å². The number of rotatable bonds is 1. The molecule has 0 amide bonds. The van der Waals surface area contributed by atoms with Crippen LogP contribution < -0.4 is 5.79 Å². The number of nitrogens with zero attached hydrogens (tertiary/aromatic N) is 1. The fraction of sp³-hybridized carbons (Fsp3) is 0.125. The van der Waals surface area contributed by atoms with Gasteiger partial charge in [0.15, 0.2) is 5.58 Å². The molecular weight excluding hydrogens is 137 g/mol. The van der Waals surface area contributed by atoms with Crippen molar-refractivity contribution in [3.05, 3.63) is 24.3 Å². The maximum absolute atomic E-state index is 5.35. The molecule has 1 aromatic carbocycles. The Hall–Kier alpha value is -1.25. The van der Waals surface area contributed by atoms with Gasteiger partial charge in [0.1, 0.15) is 11.3 Å². The molecule has 2 rings (SSSR count). The minimum atomic E-state index is 0.686. The largest absolute Gasteiger partial charge is 0.452 e. The average Bonchev–Trinajstić information content (AvgIpc) is 2.46. The summed E-state index contributed by atoms with van der Waals surface area (Å²) in [6, 6.07) is 7.73. The first kappa shape index (κ1) is 6.46. The van der Waals surface area contributed by atoms with Crippen LogP contribution in [0.5, 0.6) is 0 Å². The number of benzene rings is 1. The third-order valence-corrected chi connectivity index (χ3v) is 1.56. The van der Waals surface area contributed by atoms with Crippen molar-refractivity contribution in [2.75, 3.05) is 0 Å². The van der Waals surface area contributed by atoms with E-state index in [1.807, 2.05) is 38.4 Å². The Labute approximate surface area is 65.5 Å². The second-order valence-electron chi connectivity index (χ2n) is 2.31. The molecule has 0 aliphatic rings. The van der Waals surface area contributed by atoms with Gasteiger partial charge in [-0.05, 0) is 12.1 Å². The van der Waals surface area contributed by atoms with Gasteiger partial charge in [-0.3, -0.25) is 0 Å². The molecule has 0 aliphatic carbocycles. The van der Waals surface area contributed by atoms with E-state index in [2.05, 4.69) is 4.98 Å². The minimum Gasteiger partial charge on any atom is -0.452 e. The Morgan fingerprint density at radius 2 is 2.18 bits per heavy atom. The summed E-state index contributed by atoms with van der Waals surface area (Å²) in [5, 5.41) is 0. The minimum absolute atomic E-state index is 0.686. The summed E-state index contributed by atoms with van der Waals surface area (Å²) in [4.78, 5) is 4.21. The van der Waals surface area contributed by atoms with Gasteiger partial charge in [0.25, 0.3) is 0 Å². The second kappa shape index (κ2) is 2.42. The van der Waals surface area contributed by atoms with E-state index in [1.54, 1.807) is 0 Å². The maximum atomic E-state index is 5.35. The zero-order chi connectivity index (χ0) is 7.68. The molecular formula is C8H7BNO. The Kier molecular flexibility index (Phi) is 1.42. The molecule has 0 unspecified atom stereocenters. The van der Waals surface area contributed by atoms with Crippen molar-refractivity contribution in [1.82, 2.24) is 4.98 Å². The first-order chi connectivity index (χ1) is 5.40. The van der Waals surface area contributed by atoms with Gasteiger partial charge in [0, 0.05) is 0 Å². The van der Waals surface area contributed by atoms with E-state index in [0.29, 0.717) is 5.79 Å². The van der Waals surface area contributed by atoms with Gasteiger partial charge in [-0.25, -0.2) is 4.98 Å². The fourth-order valence-electron chi connectivity index (χ4n) is 1.01. The standard InChI is InChI=1S/C8H7BNO/c1-9-8-10-6-4-2-3-5-7(6)11-8/h2-5H,1H3. The molecule has 0 N–H and O–H groups in total. The molecule has 53 valence electrons. The highest BCUT2D eigenvalue weighted by atomic mass is 16.3. The Bertz CT molecular complexity index is 336. The van der Waals surface area contributed by atoms with Crippen molar-refractivity contribution in [3.8, 4) is 0 Å². The third-order valence-electron chi connectivity index (χ3n) is 1.56. The molecule has 0 bridgehead atoms. The highest BCUT2D eigenvalue weighted by Gasteiger charge is 2.01. The molecule has 3 heteroatoms. The molecule has 2 nitrogen and oxygen atoms in total. The van der Waals surface area contributed by atoms with E-state index in [4.69, 9.17) is 4.42 Å². The van der Waals surface area contributed by atoms with E-state index >= 15 is 0 Å². The summed E-state index contributed by atoms with van der Waals surface area (Å²) in [5.41, 5.74) is 1.77. The van der Waals surface area contributed by atoms with Crippen LogP contribution in [0.4, 0.5) is 0 Å². The molecule has 1 radical (unpaired) electrons. The molecule has 0 spiro atoms. The summed E-state index contributed by atoms with van der Waals surface area (Å²) in [5.74, 6) is 0.686. The second-order valence-corrected chi connectivity index (χ2v) is 2.31. The first-order valence-corrected chi connectivity index (χ1v) is 3.55. The van der Waals surface area contributed by atoms with Gasteiger partial charge in [-0.1, -0.05) is 19.0 Å². The van der Waals surface area contributed by atoms with E-state index < -0.39 is 0 Å². The lowest BCUT2D eigenvalue weighted by molar-refractivity contribution is 0.642. The molecule has 0 aliphatic heterocycles. The predicted octanol–water partition coefficient (Wildman–Crippen LogP) is 1.21. The highest BCUT2D eigenvalue weighted by Crippen LogP contribution is 2.08. The van der Waals surface area contributed by atoms with Gasteiger partial charge in [0.05, 0.1) is 0 Å². The van der Waals surface area contributed by atoms with Gasteiger partial charge in [0.2, 0.25) is 7.28 Å². The molecule has 1 aromatic heterocycles. The third kappa shape index (κ3) is 1.02. The van der Waals surface area contributed by atoms with Crippen LogP contribution in [0.15, 0.2) is 28.7 Å². The monoisotopic (exact) mass is 144 g/mol. The lowest BCUT2D eigenvalue weighted by Gasteiger charge is -1.80. The lowest BCUT2D eigenvalue weighted by Crippen LogP contribution is -2.09. The normalized spacial score (nSPS) is 10.3. The fourth-order valence-corrected chi connectivity index (χ4v) is 1.01. The van der Waals surface area contributed by atoms with E-state index in [9.17, 15) is 0 Å². The lowest BCUT2D eigenvalue weighted by atomic mass is 9.83. The summed E-state index contributed by atoms with van der Waals surface area (Å²) in [6.07, 6.45) is 0. The van der Waals surface area contributed by atoms with Crippen LogP contribution in [0, 0.1) is 0 Å². The van der Waals surface area contributed by atoms with Crippen molar-refractivity contribution in [2.45, 2.75) is 6.82 Å². The van der Waals surface area contributed by atoms with Crippen molar-refractivity contribution in [2.24, 2.45) is 0 Å². The van der Waals surface area contributed by atoms with Crippen molar-refractivity contribution in [3.63, 3.8) is 0 Å². The quantitative estimate of drug-likeness (QED) is 0.562. The van der Waals surface area contributed by atoms with Crippen LogP contribution in [0.3, 0.4) is 0 Å². The van der Waals surface area contributed by atoms with Gasteiger partial charge in [-0.15, -0.1) is 0 Å². The van der Waals surface area contributed by atoms with Gasteiger partial charge in [-0.2, -0.15) is 0 Å². The summed E-state index contributed by atoms with van der Waals surface area (Å²) >= 11 is 0. The number of oxazole rings is 1. The van der Waals surface area contributed by atoms with Crippen molar-refractivity contribution in [1.29, 1.82) is 0 Å². The van der Waals surface area contributed by atoms with E-state index in [0.717, 1.165) is 11.1 Å². The molecule has 0 saturated heterocycles. The van der Waals surface area contributed by atoms with Crippen LogP contribution >= 0.6 is 0 Å². The topological polar surface area (TPSA) is 26.0 Å². The number of para-hydroxylation sites is 2. The Morgan fingerprint density at radius 3 is 2.91 bits per heavy atom. The summed E-state index contributed by atoms with van der Waals surface area (Å²) < 4.78 is 5.35. The zero-order valence-corrected chi connectivity index (χ0v) is 6.24. The van der Waals surface area contributed by atoms with Crippen molar-refractivity contribution < 1.29 is 4.42 Å². The number of hydrogen-bond donors (Lipinski definition) is 0. The molecule has 2 aromatic rings. The smallest absolute Gasteiger partial charge is 0.226 e. The van der Waals surface area contributed by atoms with Crippen molar-refractivity contribution >= 4 is 24.2 Å². The molecule has 0 atom stereocenters. The van der Waals surface area contributed by atoms with Gasteiger partial charge >= 0.3 is 0 Å². The summed E-state index contributed by atoms with van der Waals surface area (Å²) in [6.45, 7) is 1.91. The Morgan fingerprint density at radius 1 is 1.36 bits per heavy atom. The molecule has 1 heterocycles. The highest BCUT2D eigenvalue weighted by molar-refractivity contribution is 6.49. The van der Waals surface area contributed by atoms with E-state index in [1.165, 1.54) is 0 Å². The molecule has 11 heavy (non-hydrogen) atoms. The number of fused-ring (bicyclic) bond motifs is 1.